The average molecular weight is 185 g/mol. The number of nitrogens with zero attached hydrogens (tertiary/aromatic N) is 2. The van der Waals surface area contributed by atoms with Crippen LogP contribution >= 0.6 is 0 Å². The van der Waals surface area contributed by atoms with Gasteiger partial charge in [0.1, 0.15) is 0 Å². The average Bonchev–Trinajstić information content (AvgIpc) is 2.08. The van der Waals surface area contributed by atoms with Gasteiger partial charge in [0.2, 0.25) is 0 Å². The molecule has 0 bridgehead atoms. The van der Waals surface area contributed by atoms with Crippen LogP contribution in [-0.4, -0.2) is 62.7 Å². The first-order chi connectivity index (χ1) is 6.20. The van der Waals surface area contributed by atoms with E-state index < -0.39 is 0 Å². The lowest BCUT2D eigenvalue weighted by Crippen LogP contribution is -2.50. The topological polar surface area (TPSA) is 18.5 Å². The molecule has 0 saturated carbocycles. The first-order valence-corrected chi connectivity index (χ1v) is 5.29. The molecule has 1 fully saturated rings. The van der Waals surface area contributed by atoms with E-state index in [0.29, 0.717) is 0 Å². The van der Waals surface area contributed by atoms with Crippen LogP contribution in [0.15, 0.2) is 0 Å². The normalized spacial score (nSPS) is 25.4. The van der Waals surface area contributed by atoms with E-state index in [4.69, 9.17) is 0 Å². The maximum Gasteiger partial charge on any atom is 0.0192 e. The zero-order valence-electron chi connectivity index (χ0n) is 9.21. The summed E-state index contributed by atoms with van der Waals surface area (Å²) in [5.74, 6) is 0. The summed E-state index contributed by atoms with van der Waals surface area (Å²) >= 11 is 0. The van der Waals surface area contributed by atoms with Gasteiger partial charge in [-0.15, -0.1) is 0 Å². The molecule has 78 valence electrons. The maximum absolute atomic E-state index is 3.41. The summed E-state index contributed by atoms with van der Waals surface area (Å²) in [7, 11) is 4.28. The Morgan fingerprint density at radius 1 is 1.46 bits per heavy atom. The van der Waals surface area contributed by atoms with Crippen LogP contribution in [0, 0.1) is 0 Å². The molecule has 1 rings (SSSR count). The van der Waals surface area contributed by atoms with Gasteiger partial charge in [-0.05, 0) is 40.5 Å². The van der Waals surface area contributed by atoms with Crippen molar-refractivity contribution in [3.63, 3.8) is 0 Å². The van der Waals surface area contributed by atoms with Crippen LogP contribution in [0.4, 0.5) is 0 Å². The van der Waals surface area contributed by atoms with Crippen molar-refractivity contribution < 1.29 is 0 Å². The molecule has 0 aromatic heterocycles. The van der Waals surface area contributed by atoms with Crippen molar-refractivity contribution >= 4 is 0 Å². The lowest BCUT2D eigenvalue weighted by atomic mass is 10.2. The molecule has 0 aromatic carbocycles. The minimum Gasteiger partial charge on any atom is -0.314 e. The summed E-state index contributed by atoms with van der Waals surface area (Å²) in [4.78, 5) is 4.84. The third-order valence-corrected chi connectivity index (χ3v) is 2.69. The van der Waals surface area contributed by atoms with Gasteiger partial charge in [-0.2, -0.15) is 0 Å². The highest BCUT2D eigenvalue weighted by Gasteiger charge is 2.16. The van der Waals surface area contributed by atoms with Gasteiger partial charge < -0.3 is 10.2 Å². The Hall–Kier alpha value is -0.120. The molecule has 3 heteroatoms. The molecule has 0 unspecified atom stereocenters. The number of rotatable bonds is 4. The highest BCUT2D eigenvalue weighted by Crippen LogP contribution is 2.02. The quantitative estimate of drug-likeness (QED) is 0.676. The molecule has 0 spiro atoms. The van der Waals surface area contributed by atoms with E-state index in [1.165, 1.54) is 26.1 Å². The number of hydrogen-bond donors (Lipinski definition) is 1. The Bertz CT molecular complexity index is 136. The van der Waals surface area contributed by atoms with Crippen molar-refractivity contribution in [2.45, 2.75) is 19.4 Å². The number of nitrogens with one attached hydrogen (secondary N) is 1. The van der Waals surface area contributed by atoms with Crippen LogP contribution in [0.5, 0.6) is 0 Å². The predicted octanol–water partition coefficient (Wildman–Crippen LogP) is 0.232. The minimum absolute atomic E-state index is 0.718. The van der Waals surface area contributed by atoms with Gasteiger partial charge in [-0.3, -0.25) is 4.90 Å². The van der Waals surface area contributed by atoms with Gasteiger partial charge in [-0.25, -0.2) is 0 Å². The van der Waals surface area contributed by atoms with Gasteiger partial charge in [0.25, 0.3) is 0 Å². The fraction of sp³-hybridized carbons (Fsp3) is 1.00. The zero-order valence-corrected chi connectivity index (χ0v) is 9.21. The van der Waals surface area contributed by atoms with E-state index in [2.05, 4.69) is 36.1 Å². The van der Waals surface area contributed by atoms with Crippen molar-refractivity contribution in [1.29, 1.82) is 0 Å². The standard InChI is InChI=1S/C10H23N3/c1-10-9-11-5-8-13(10)7-4-6-12(2)3/h10-11H,4-9H2,1-3H3/t10-/m0/s1. The SMILES string of the molecule is C[C@H]1CNCCN1CCCN(C)C. The van der Waals surface area contributed by atoms with Crippen LogP contribution in [0.2, 0.25) is 0 Å². The van der Waals surface area contributed by atoms with Crippen LogP contribution in [0.1, 0.15) is 13.3 Å². The molecule has 0 aromatic rings. The predicted molar refractivity (Wildman–Crippen MR) is 57.1 cm³/mol. The third kappa shape index (κ3) is 4.07. The fourth-order valence-electron chi connectivity index (χ4n) is 1.81. The van der Waals surface area contributed by atoms with Crippen molar-refractivity contribution in [2.24, 2.45) is 0 Å². The molecule has 1 atom stereocenters. The van der Waals surface area contributed by atoms with Crippen molar-refractivity contribution in [3.8, 4) is 0 Å². The summed E-state index contributed by atoms with van der Waals surface area (Å²) in [6.07, 6.45) is 1.29. The molecule has 1 heterocycles. The smallest absolute Gasteiger partial charge is 0.0192 e. The van der Waals surface area contributed by atoms with E-state index in [0.717, 1.165) is 19.1 Å². The van der Waals surface area contributed by atoms with Crippen molar-refractivity contribution in [3.05, 3.63) is 0 Å². The molecular formula is C10H23N3. The lowest BCUT2D eigenvalue weighted by molar-refractivity contribution is 0.166. The van der Waals surface area contributed by atoms with Gasteiger partial charge in [0.15, 0.2) is 0 Å². The number of hydrogen-bond acceptors (Lipinski definition) is 3. The summed E-state index contributed by atoms with van der Waals surface area (Å²) in [5.41, 5.74) is 0. The summed E-state index contributed by atoms with van der Waals surface area (Å²) in [6, 6.07) is 0.718. The molecule has 0 amide bonds. The van der Waals surface area contributed by atoms with E-state index in [-0.39, 0.29) is 0 Å². The Morgan fingerprint density at radius 3 is 2.85 bits per heavy atom. The van der Waals surface area contributed by atoms with E-state index >= 15 is 0 Å². The molecule has 1 saturated heterocycles. The summed E-state index contributed by atoms with van der Waals surface area (Å²) in [5, 5.41) is 3.41. The Morgan fingerprint density at radius 2 is 2.23 bits per heavy atom. The zero-order chi connectivity index (χ0) is 9.68. The van der Waals surface area contributed by atoms with Gasteiger partial charge in [-0.1, -0.05) is 0 Å². The van der Waals surface area contributed by atoms with Crippen LogP contribution < -0.4 is 5.32 Å². The largest absolute Gasteiger partial charge is 0.314 e. The molecule has 1 aliphatic rings. The molecule has 1 N–H and O–H groups in total. The van der Waals surface area contributed by atoms with Crippen LogP contribution in [-0.2, 0) is 0 Å². The Balaban J connectivity index is 2.11. The van der Waals surface area contributed by atoms with E-state index in [1.54, 1.807) is 0 Å². The summed E-state index contributed by atoms with van der Waals surface area (Å²) in [6.45, 7) is 8.29. The number of piperazine rings is 1. The first kappa shape index (κ1) is 11.0. The molecule has 1 aliphatic heterocycles. The second kappa shape index (κ2) is 5.58. The lowest BCUT2D eigenvalue weighted by Gasteiger charge is -2.34. The second-order valence-corrected chi connectivity index (χ2v) is 4.25. The van der Waals surface area contributed by atoms with Gasteiger partial charge in [0.05, 0.1) is 0 Å². The fourth-order valence-corrected chi connectivity index (χ4v) is 1.81. The van der Waals surface area contributed by atoms with Gasteiger partial charge in [0, 0.05) is 25.7 Å². The molecule has 0 aliphatic carbocycles. The van der Waals surface area contributed by atoms with Crippen LogP contribution in [0.3, 0.4) is 0 Å². The minimum atomic E-state index is 0.718. The highest BCUT2D eigenvalue weighted by atomic mass is 15.2. The maximum atomic E-state index is 3.41. The van der Waals surface area contributed by atoms with Crippen molar-refractivity contribution in [1.82, 2.24) is 15.1 Å². The first-order valence-electron chi connectivity index (χ1n) is 5.29. The molecule has 0 radical (unpaired) electrons. The highest BCUT2D eigenvalue weighted by molar-refractivity contribution is 4.75. The van der Waals surface area contributed by atoms with Gasteiger partial charge >= 0.3 is 0 Å². The molecule has 3 nitrogen and oxygen atoms in total. The molecular weight excluding hydrogens is 162 g/mol. The second-order valence-electron chi connectivity index (χ2n) is 4.25. The monoisotopic (exact) mass is 185 g/mol. The van der Waals surface area contributed by atoms with Crippen molar-refractivity contribution in [2.75, 3.05) is 46.8 Å². The van der Waals surface area contributed by atoms with Crippen LogP contribution in [0.25, 0.3) is 0 Å². The third-order valence-electron chi connectivity index (χ3n) is 2.69. The van der Waals surface area contributed by atoms with E-state index in [1.807, 2.05) is 0 Å². The Kier molecular flexibility index (Phi) is 4.70. The molecule has 13 heavy (non-hydrogen) atoms. The summed E-state index contributed by atoms with van der Waals surface area (Å²) < 4.78 is 0. The van der Waals surface area contributed by atoms with E-state index in [9.17, 15) is 0 Å². The Labute approximate surface area is 82.1 Å².